The van der Waals surface area contributed by atoms with Crippen molar-refractivity contribution >= 4 is 11.8 Å². The van der Waals surface area contributed by atoms with Crippen LogP contribution in [0.25, 0.3) is 0 Å². The molecule has 1 unspecified atom stereocenters. The summed E-state index contributed by atoms with van der Waals surface area (Å²) in [5.41, 5.74) is 1.38. The molecule has 0 radical (unpaired) electrons. The van der Waals surface area contributed by atoms with Gasteiger partial charge in [0, 0.05) is 30.2 Å². The third-order valence-electron chi connectivity index (χ3n) is 2.42. The molecule has 1 N–H and O–H groups in total. The Morgan fingerprint density at radius 3 is 3.00 bits per heavy atom. The highest BCUT2D eigenvalue weighted by Gasteiger charge is 2.06. The summed E-state index contributed by atoms with van der Waals surface area (Å²) in [6.07, 6.45) is 2.17. The molecular weight excluding hydrogens is 192 g/mol. The van der Waals surface area contributed by atoms with E-state index in [0.29, 0.717) is 6.04 Å². The van der Waals surface area contributed by atoms with Gasteiger partial charge in [-0.15, -0.1) is 0 Å². The van der Waals surface area contributed by atoms with Gasteiger partial charge in [-0.1, -0.05) is 6.92 Å². The van der Waals surface area contributed by atoms with Crippen LogP contribution in [0, 0.1) is 0 Å². The Bertz CT molecular complexity index is 258. The minimum absolute atomic E-state index is 0.441. The highest BCUT2D eigenvalue weighted by Crippen LogP contribution is 2.13. The smallest absolute Gasteiger partial charge is 0.0443 e. The van der Waals surface area contributed by atoms with Gasteiger partial charge in [0.2, 0.25) is 0 Å². The number of aromatic nitrogens is 1. The van der Waals surface area contributed by atoms with Gasteiger partial charge in [0.1, 0.15) is 0 Å². The van der Waals surface area contributed by atoms with Crippen LogP contribution in [0.2, 0.25) is 0 Å². The summed E-state index contributed by atoms with van der Waals surface area (Å²) in [6, 6.07) is 4.76. The van der Waals surface area contributed by atoms with E-state index in [4.69, 9.17) is 0 Å². The maximum absolute atomic E-state index is 3.27. The first-order valence-electron chi connectivity index (χ1n) is 5.19. The van der Waals surface area contributed by atoms with E-state index in [-0.39, 0.29) is 0 Å². The van der Waals surface area contributed by atoms with E-state index in [1.807, 2.05) is 18.8 Å². The molecule has 0 fully saturated rings. The predicted octanol–water partition coefficient (Wildman–Crippen LogP) is 2.52. The van der Waals surface area contributed by atoms with Crippen molar-refractivity contribution in [1.29, 1.82) is 0 Å². The zero-order valence-corrected chi connectivity index (χ0v) is 10.1. The van der Waals surface area contributed by atoms with Gasteiger partial charge in [0.15, 0.2) is 0 Å². The van der Waals surface area contributed by atoms with Gasteiger partial charge in [-0.2, -0.15) is 11.8 Å². The summed E-state index contributed by atoms with van der Waals surface area (Å²) in [4.78, 5) is 0. The van der Waals surface area contributed by atoms with Gasteiger partial charge in [-0.05, 0) is 31.9 Å². The lowest BCUT2D eigenvalue weighted by Crippen LogP contribution is -2.17. The van der Waals surface area contributed by atoms with Crippen molar-refractivity contribution in [3.8, 4) is 0 Å². The van der Waals surface area contributed by atoms with E-state index >= 15 is 0 Å². The molecule has 80 valence electrons. The first-order chi connectivity index (χ1) is 6.79. The highest BCUT2D eigenvalue weighted by molar-refractivity contribution is 7.99. The summed E-state index contributed by atoms with van der Waals surface area (Å²) in [7, 11) is 2.00. The molecule has 0 amide bonds. The van der Waals surface area contributed by atoms with Crippen molar-refractivity contribution in [2.24, 2.45) is 0 Å². The molecule has 1 rings (SSSR count). The Morgan fingerprint density at radius 2 is 2.36 bits per heavy atom. The van der Waals surface area contributed by atoms with Crippen molar-refractivity contribution < 1.29 is 0 Å². The summed E-state index contributed by atoms with van der Waals surface area (Å²) >= 11 is 1.99. The molecule has 0 aliphatic carbocycles. The fourth-order valence-corrected chi connectivity index (χ4v) is 2.09. The van der Waals surface area contributed by atoms with Gasteiger partial charge in [0.05, 0.1) is 0 Å². The Labute approximate surface area is 91.1 Å². The zero-order chi connectivity index (χ0) is 10.4. The molecule has 1 aromatic rings. The topological polar surface area (TPSA) is 17.0 Å². The second-order valence-electron chi connectivity index (χ2n) is 3.33. The second-order valence-corrected chi connectivity index (χ2v) is 4.73. The van der Waals surface area contributed by atoms with Gasteiger partial charge in [0.25, 0.3) is 0 Å². The Kier molecular flexibility index (Phi) is 5.12. The number of hydrogen-bond donors (Lipinski definition) is 1. The maximum atomic E-state index is 3.27. The van der Waals surface area contributed by atoms with Gasteiger partial charge in [-0.3, -0.25) is 0 Å². The number of nitrogens with one attached hydrogen (secondary N) is 1. The summed E-state index contributed by atoms with van der Waals surface area (Å²) in [6.45, 7) is 5.52. The van der Waals surface area contributed by atoms with Crippen LogP contribution < -0.4 is 5.32 Å². The first kappa shape index (κ1) is 11.7. The molecule has 14 heavy (non-hydrogen) atoms. The van der Waals surface area contributed by atoms with Crippen molar-refractivity contribution in [1.82, 2.24) is 9.88 Å². The molecule has 0 aromatic carbocycles. The second kappa shape index (κ2) is 6.14. The van der Waals surface area contributed by atoms with E-state index in [1.165, 1.54) is 17.2 Å². The molecule has 3 heteroatoms. The molecule has 0 saturated carbocycles. The number of thioether (sulfide) groups is 1. The monoisotopic (exact) mass is 212 g/mol. The summed E-state index contributed by atoms with van der Waals surface area (Å²) in [5, 5.41) is 3.27. The van der Waals surface area contributed by atoms with Crippen LogP contribution in [-0.2, 0) is 6.54 Å². The minimum atomic E-state index is 0.441. The number of aryl methyl sites for hydroxylation is 1. The summed E-state index contributed by atoms with van der Waals surface area (Å²) < 4.78 is 2.34. The van der Waals surface area contributed by atoms with Crippen molar-refractivity contribution in [3.05, 3.63) is 24.0 Å². The van der Waals surface area contributed by atoms with Gasteiger partial charge < -0.3 is 9.88 Å². The predicted molar refractivity (Wildman–Crippen MR) is 64.9 cm³/mol. The fraction of sp³-hybridized carbons (Fsp3) is 0.636. The SMILES string of the molecule is CCSCCn1cccc1C(C)NC. The van der Waals surface area contributed by atoms with E-state index < -0.39 is 0 Å². The summed E-state index contributed by atoms with van der Waals surface area (Å²) in [5.74, 6) is 2.41. The number of nitrogens with zero attached hydrogens (tertiary/aromatic N) is 1. The average molecular weight is 212 g/mol. The zero-order valence-electron chi connectivity index (χ0n) is 9.29. The molecule has 1 aromatic heterocycles. The third-order valence-corrected chi connectivity index (χ3v) is 3.30. The van der Waals surface area contributed by atoms with Gasteiger partial charge >= 0.3 is 0 Å². The van der Waals surface area contributed by atoms with Crippen LogP contribution >= 0.6 is 11.8 Å². The lowest BCUT2D eigenvalue weighted by atomic mass is 10.2. The van der Waals surface area contributed by atoms with Crippen LogP contribution in [-0.4, -0.2) is 23.1 Å². The molecule has 2 nitrogen and oxygen atoms in total. The normalized spacial score (nSPS) is 13.1. The van der Waals surface area contributed by atoms with E-state index in [1.54, 1.807) is 0 Å². The maximum Gasteiger partial charge on any atom is 0.0443 e. The standard InChI is InChI=1S/C11H20N2S/c1-4-14-9-8-13-7-5-6-11(13)10(2)12-3/h5-7,10,12H,4,8-9H2,1-3H3. The first-order valence-corrected chi connectivity index (χ1v) is 6.35. The van der Waals surface area contributed by atoms with Crippen molar-refractivity contribution in [2.75, 3.05) is 18.6 Å². The molecule has 0 bridgehead atoms. The lowest BCUT2D eigenvalue weighted by molar-refractivity contribution is 0.584. The van der Waals surface area contributed by atoms with Crippen LogP contribution in [0.15, 0.2) is 18.3 Å². The molecule has 1 atom stereocenters. The number of hydrogen-bond acceptors (Lipinski definition) is 2. The molecule has 0 aliphatic rings. The van der Waals surface area contributed by atoms with E-state index in [2.05, 4.69) is 42.1 Å². The van der Waals surface area contributed by atoms with E-state index in [9.17, 15) is 0 Å². The Balaban J connectivity index is 2.53. The molecular formula is C11H20N2S. The average Bonchev–Trinajstić information content (AvgIpc) is 2.65. The highest BCUT2D eigenvalue weighted by atomic mass is 32.2. The molecule has 0 spiro atoms. The van der Waals surface area contributed by atoms with Crippen LogP contribution in [0.5, 0.6) is 0 Å². The largest absolute Gasteiger partial charge is 0.349 e. The lowest BCUT2D eigenvalue weighted by Gasteiger charge is -2.14. The van der Waals surface area contributed by atoms with Crippen LogP contribution in [0.4, 0.5) is 0 Å². The van der Waals surface area contributed by atoms with E-state index in [0.717, 1.165) is 6.54 Å². The van der Waals surface area contributed by atoms with Gasteiger partial charge in [-0.25, -0.2) is 0 Å². The molecule has 1 heterocycles. The third kappa shape index (κ3) is 3.07. The van der Waals surface area contributed by atoms with Crippen LogP contribution in [0.3, 0.4) is 0 Å². The number of rotatable bonds is 6. The quantitative estimate of drug-likeness (QED) is 0.730. The fourth-order valence-electron chi connectivity index (χ4n) is 1.48. The molecule has 0 saturated heterocycles. The Morgan fingerprint density at radius 1 is 1.57 bits per heavy atom. The minimum Gasteiger partial charge on any atom is -0.349 e. The van der Waals surface area contributed by atoms with Crippen LogP contribution in [0.1, 0.15) is 25.6 Å². The van der Waals surface area contributed by atoms with Crippen molar-refractivity contribution in [2.45, 2.75) is 26.4 Å². The molecule has 0 aliphatic heterocycles. The van der Waals surface area contributed by atoms with Crippen molar-refractivity contribution in [3.63, 3.8) is 0 Å². The Hall–Kier alpha value is -0.410.